The molecule has 0 N–H and O–H groups in total. The lowest BCUT2D eigenvalue weighted by atomic mass is 9.87. The Morgan fingerprint density at radius 3 is 1.21 bits per heavy atom. The van der Waals surface area contributed by atoms with E-state index in [0.29, 0.717) is 6.07 Å². The summed E-state index contributed by atoms with van der Waals surface area (Å²) >= 11 is 0. The van der Waals surface area contributed by atoms with Gasteiger partial charge in [0.25, 0.3) is 0 Å². The Morgan fingerprint density at radius 1 is 0.442 bits per heavy atom. The van der Waals surface area contributed by atoms with Gasteiger partial charge in [-0.05, 0) is 29.7 Å². The topological polar surface area (TPSA) is 29.1 Å². The van der Waals surface area contributed by atoms with Crippen LogP contribution >= 0.6 is 0 Å². The fourth-order valence-corrected chi connectivity index (χ4v) is 3.05. The van der Waals surface area contributed by atoms with E-state index >= 15 is 0 Å². The second-order valence-corrected chi connectivity index (χ2v) is 8.35. The van der Waals surface area contributed by atoms with Crippen molar-refractivity contribution >= 4 is 10.8 Å². The maximum atomic E-state index is 14.0. The summed E-state index contributed by atoms with van der Waals surface area (Å²) in [6.45, 7) is 0. The van der Waals surface area contributed by atoms with Crippen LogP contribution < -0.4 is 4.74 Å². The molecule has 2 nitrogen and oxygen atoms in total. The van der Waals surface area contributed by atoms with Crippen LogP contribution in [0.4, 0.5) is 92.2 Å². The van der Waals surface area contributed by atoms with E-state index in [4.69, 9.17) is 0 Å². The van der Waals surface area contributed by atoms with Crippen LogP contribution in [0, 0.1) is 0 Å². The summed E-state index contributed by atoms with van der Waals surface area (Å²) in [6.07, 6.45) is -15.3. The number of benzene rings is 2. The Hall–Kier alpha value is -3.17. The van der Waals surface area contributed by atoms with Crippen LogP contribution in [0.3, 0.4) is 0 Å². The molecule has 0 amide bonds. The van der Waals surface area contributed by atoms with Gasteiger partial charge in [-0.3, -0.25) is 5.11 Å². The molecule has 0 aliphatic carbocycles. The third-order valence-electron chi connectivity index (χ3n) is 5.54. The molecule has 2 aromatic carbocycles. The van der Waals surface area contributed by atoms with Crippen molar-refractivity contribution in [1.82, 2.24) is 0 Å². The third-order valence-corrected chi connectivity index (χ3v) is 5.54. The van der Waals surface area contributed by atoms with E-state index in [-0.39, 0.29) is 12.1 Å². The van der Waals surface area contributed by atoms with E-state index in [1.54, 1.807) is 0 Å². The first-order chi connectivity index (χ1) is 18.7. The van der Waals surface area contributed by atoms with Gasteiger partial charge in [-0.15, -0.1) is 0 Å². The van der Waals surface area contributed by atoms with Gasteiger partial charge in [0, 0.05) is 5.39 Å². The molecule has 2 aromatic rings. The molecule has 0 spiro atoms. The van der Waals surface area contributed by atoms with Crippen LogP contribution in [0.15, 0.2) is 36.4 Å². The smallest absolute Gasteiger partial charge is 0.428 e. The van der Waals surface area contributed by atoms with E-state index in [1.807, 2.05) is 0 Å². The highest BCUT2D eigenvalue weighted by atomic mass is 19.4. The van der Waals surface area contributed by atoms with Gasteiger partial charge in [-0.25, -0.2) is 0 Å². The van der Waals surface area contributed by atoms with Crippen LogP contribution in [-0.4, -0.2) is 59.7 Å². The molecule has 0 aromatic heterocycles. The van der Waals surface area contributed by atoms with Gasteiger partial charge in [0.05, 0.1) is 0 Å². The van der Waals surface area contributed by atoms with Gasteiger partial charge >= 0.3 is 59.7 Å². The summed E-state index contributed by atoms with van der Waals surface area (Å²) in [7, 11) is 0. The number of halogens is 21. The zero-order chi connectivity index (χ0) is 34.3. The monoisotopic (exact) mass is 677 g/mol. The Labute approximate surface area is 221 Å². The summed E-state index contributed by atoms with van der Waals surface area (Å²) < 4.78 is 285. The van der Waals surface area contributed by atoms with Crippen LogP contribution in [0.1, 0.15) is 0 Å². The van der Waals surface area contributed by atoms with E-state index in [9.17, 15) is 97.3 Å². The van der Waals surface area contributed by atoms with Gasteiger partial charge < -0.3 is 4.74 Å². The van der Waals surface area contributed by atoms with Crippen molar-refractivity contribution < 1.29 is 102 Å². The number of rotatable bonds is 10. The summed E-state index contributed by atoms with van der Waals surface area (Å²) in [6, 6.07) is 3.31. The van der Waals surface area contributed by atoms with E-state index in [1.165, 1.54) is 0 Å². The SMILES string of the molecule is [O]c1cccc2cc(OC(F)(F)C(F)(F)C(F)(F)C(F)(F)C(F)(F)C(F)(F)C(F)(F)C(F)(F)C(F)(F)C(F)(F)F)ccc12. The van der Waals surface area contributed by atoms with Crippen LogP contribution in [-0.2, 0) is 5.11 Å². The maximum Gasteiger partial charge on any atom is 0.471 e. The average Bonchev–Trinajstić information content (AvgIpc) is 2.82. The van der Waals surface area contributed by atoms with Crippen molar-refractivity contribution in [3.63, 3.8) is 0 Å². The van der Waals surface area contributed by atoms with Crippen molar-refractivity contribution in [2.45, 2.75) is 59.7 Å². The van der Waals surface area contributed by atoms with E-state index in [2.05, 4.69) is 4.74 Å². The molecule has 0 bridgehead atoms. The lowest BCUT2D eigenvalue weighted by Gasteiger charge is -2.44. The molecule has 43 heavy (non-hydrogen) atoms. The van der Waals surface area contributed by atoms with E-state index in [0.717, 1.165) is 18.2 Å². The van der Waals surface area contributed by atoms with Gasteiger partial charge in [0.1, 0.15) is 5.75 Å². The number of fused-ring (bicyclic) bond motifs is 1. The van der Waals surface area contributed by atoms with Crippen molar-refractivity contribution in [3.8, 4) is 11.5 Å². The number of alkyl halides is 21. The Kier molecular flexibility index (Phi) is 8.10. The van der Waals surface area contributed by atoms with Crippen LogP contribution in [0.25, 0.3) is 10.8 Å². The molecule has 0 heterocycles. The first kappa shape index (κ1) is 36.0. The molecule has 245 valence electrons. The quantitative estimate of drug-likeness (QED) is 0.231. The predicted octanol–water partition coefficient (Wildman–Crippen LogP) is 9.60. The number of hydrogen-bond donors (Lipinski definition) is 0. The Bertz CT molecular complexity index is 1340. The molecule has 0 atom stereocenters. The van der Waals surface area contributed by atoms with Gasteiger partial charge in [-0.2, -0.15) is 92.2 Å². The third kappa shape index (κ3) is 4.70. The molecule has 2 rings (SSSR count). The molecule has 0 aliphatic heterocycles. The van der Waals surface area contributed by atoms with Crippen LogP contribution in [0.2, 0.25) is 0 Å². The first-order valence-electron chi connectivity index (χ1n) is 10.1. The maximum absolute atomic E-state index is 14.0. The lowest BCUT2D eigenvalue weighted by molar-refractivity contribution is -0.480. The van der Waals surface area contributed by atoms with Crippen molar-refractivity contribution in [1.29, 1.82) is 0 Å². The minimum Gasteiger partial charge on any atom is -0.428 e. The van der Waals surface area contributed by atoms with Crippen molar-refractivity contribution in [3.05, 3.63) is 36.4 Å². The predicted molar refractivity (Wildman–Crippen MR) is 95.3 cm³/mol. The molecular formula is C20H6F21O2. The van der Waals surface area contributed by atoms with Gasteiger partial charge in [-0.1, -0.05) is 12.1 Å². The Balaban J connectivity index is 2.62. The fourth-order valence-electron chi connectivity index (χ4n) is 3.05. The minimum absolute atomic E-state index is 0.0935. The zero-order valence-electron chi connectivity index (χ0n) is 19.2. The van der Waals surface area contributed by atoms with Crippen LogP contribution in [0.5, 0.6) is 11.5 Å². The first-order valence-corrected chi connectivity index (χ1v) is 10.1. The highest BCUT2D eigenvalue weighted by Gasteiger charge is 2.98. The lowest BCUT2D eigenvalue weighted by Crippen LogP contribution is -2.77. The molecule has 1 radical (unpaired) electrons. The molecule has 0 saturated heterocycles. The highest BCUT2D eigenvalue weighted by molar-refractivity contribution is 5.89. The molecule has 0 unspecified atom stereocenters. The molecule has 23 heteroatoms. The summed E-state index contributed by atoms with van der Waals surface area (Å²) in [5, 5.41) is 10.7. The largest absolute Gasteiger partial charge is 0.471 e. The van der Waals surface area contributed by atoms with Crippen molar-refractivity contribution in [2.24, 2.45) is 0 Å². The van der Waals surface area contributed by atoms with E-state index < -0.39 is 81.9 Å². The number of hydrogen-bond acceptors (Lipinski definition) is 1. The second-order valence-electron chi connectivity index (χ2n) is 8.35. The van der Waals surface area contributed by atoms with Gasteiger partial charge in [0.15, 0.2) is 5.75 Å². The van der Waals surface area contributed by atoms with Crippen molar-refractivity contribution in [2.75, 3.05) is 0 Å². The summed E-state index contributed by atoms with van der Waals surface area (Å²) in [4.78, 5) is 0. The fraction of sp³-hybridized carbons (Fsp3) is 0.500. The minimum atomic E-state index is -9.24. The Morgan fingerprint density at radius 2 is 0.814 bits per heavy atom. The summed E-state index contributed by atoms with van der Waals surface area (Å²) in [5.74, 6) is -73.7. The standard InChI is InChI=1S/C20H6F21O2/c21-11(22,13(25,26)15(29,30)17(33,34)19(37,38)39)12(23,24)14(27,28)16(31,32)18(35,36)20(40,41)43-8-4-5-9-7(6-8)2-1-3-10(9)42/h1-6H. The molecule has 0 aliphatic rings. The molecule has 0 fully saturated rings. The number of ether oxygens (including phenoxy) is 1. The van der Waals surface area contributed by atoms with Gasteiger partial charge in [0.2, 0.25) is 0 Å². The highest BCUT2D eigenvalue weighted by Crippen LogP contribution is 2.66. The second kappa shape index (κ2) is 9.66. The summed E-state index contributed by atoms with van der Waals surface area (Å²) in [5.41, 5.74) is 0. The normalized spacial score (nSPS) is 15.7. The average molecular weight is 677 g/mol. The zero-order valence-corrected chi connectivity index (χ0v) is 19.2. The molecular weight excluding hydrogens is 671 g/mol. The molecule has 0 saturated carbocycles.